The van der Waals surface area contributed by atoms with Crippen LogP contribution in [0.5, 0.6) is 5.75 Å². The minimum atomic E-state index is -0.240. The van der Waals surface area contributed by atoms with Gasteiger partial charge < -0.3 is 19.8 Å². The van der Waals surface area contributed by atoms with Crippen LogP contribution >= 0.6 is 0 Å². The molecular formula is C16H20N2O3. The number of carbonyl (C=O) groups is 1. The molecule has 1 aromatic carbocycles. The minimum absolute atomic E-state index is 0.240. The van der Waals surface area contributed by atoms with E-state index in [2.05, 4.69) is 16.7 Å². The molecule has 0 aliphatic rings. The molecule has 5 nitrogen and oxygen atoms in total. The zero-order valence-electron chi connectivity index (χ0n) is 12.3. The van der Waals surface area contributed by atoms with Crippen LogP contribution in [0.15, 0.2) is 41.0 Å². The quantitative estimate of drug-likeness (QED) is 0.803. The van der Waals surface area contributed by atoms with Gasteiger partial charge in [-0.2, -0.15) is 0 Å². The second kappa shape index (κ2) is 7.38. The highest BCUT2D eigenvalue weighted by atomic mass is 16.5. The van der Waals surface area contributed by atoms with Crippen LogP contribution in [0.4, 0.5) is 4.79 Å². The van der Waals surface area contributed by atoms with Gasteiger partial charge >= 0.3 is 6.03 Å². The number of hydrogen-bond donors (Lipinski definition) is 2. The Morgan fingerprint density at radius 3 is 2.62 bits per heavy atom. The zero-order valence-corrected chi connectivity index (χ0v) is 12.3. The van der Waals surface area contributed by atoms with Crippen molar-refractivity contribution in [2.75, 3.05) is 13.2 Å². The molecule has 2 aromatic rings. The number of ether oxygens (including phenoxy) is 1. The summed E-state index contributed by atoms with van der Waals surface area (Å²) >= 11 is 0. The molecule has 0 saturated carbocycles. The Balaban J connectivity index is 1.63. The lowest BCUT2D eigenvalue weighted by molar-refractivity contribution is 0.235. The lowest BCUT2D eigenvalue weighted by atomic mass is 10.1. The zero-order chi connectivity index (χ0) is 15.1. The third-order valence-corrected chi connectivity index (χ3v) is 2.85. The van der Waals surface area contributed by atoms with Gasteiger partial charge in [-0.3, -0.25) is 0 Å². The van der Waals surface area contributed by atoms with Gasteiger partial charge in [0.25, 0.3) is 0 Å². The van der Waals surface area contributed by atoms with Crippen molar-refractivity contribution in [2.24, 2.45) is 0 Å². The van der Waals surface area contributed by atoms with Crippen molar-refractivity contribution in [1.82, 2.24) is 10.6 Å². The molecule has 0 fully saturated rings. The fourth-order valence-corrected chi connectivity index (χ4v) is 1.99. The second-order valence-corrected chi connectivity index (χ2v) is 4.86. The SMILES string of the molecule is Cc1cc(C)cc(OCCNC(=O)NCc2ccco2)c1. The third kappa shape index (κ3) is 5.22. The van der Waals surface area contributed by atoms with Crippen molar-refractivity contribution < 1.29 is 13.9 Å². The normalized spacial score (nSPS) is 10.2. The molecule has 0 spiro atoms. The molecule has 0 unspecified atom stereocenters. The number of aryl methyl sites for hydroxylation is 2. The Morgan fingerprint density at radius 1 is 1.19 bits per heavy atom. The van der Waals surface area contributed by atoms with Crippen molar-refractivity contribution in [3.05, 3.63) is 53.5 Å². The van der Waals surface area contributed by atoms with Gasteiger partial charge in [-0.25, -0.2) is 4.79 Å². The van der Waals surface area contributed by atoms with Crippen LogP contribution in [0.3, 0.4) is 0 Å². The number of benzene rings is 1. The van der Waals surface area contributed by atoms with Crippen LogP contribution in [0.2, 0.25) is 0 Å². The third-order valence-electron chi connectivity index (χ3n) is 2.85. The Bertz CT molecular complexity index is 559. The number of hydrogen-bond acceptors (Lipinski definition) is 3. The Labute approximate surface area is 124 Å². The summed E-state index contributed by atoms with van der Waals surface area (Å²) in [5.41, 5.74) is 2.32. The first-order valence-corrected chi connectivity index (χ1v) is 6.88. The van der Waals surface area contributed by atoms with E-state index in [0.717, 1.165) is 22.6 Å². The van der Waals surface area contributed by atoms with Crippen LogP contribution in [0, 0.1) is 13.8 Å². The maximum atomic E-state index is 11.5. The lowest BCUT2D eigenvalue weighted by Crippen LogP contribution is -2.37. The van der Waals surface area contributed by atoms with Crippen molar-refractivity contribution >= 4 is 6.03 Å². The Morgan fingerprint density at radius 2 is 1.95 bits per heavy atom. The molecule has 2 amide bonds. The van der Waals surface area contributed by atoms with Gasteiger partial charge in [0.15, 0.2) is 0 Å². The maximum Gasteiger partial charge on any atom is 0.315 e. The molecule has 0 aliphatic heterocycles. The fourth-order valence-electron chi connectivity index (χ4n) is 1.99. The summed E-state index contributed by atoms with van der Waals surface area (Å²) in [6.45, 7) is 5.30. The summed E-state index contributed by atoms with van der Waals surface area (Å²) in [4.78, 5) is 11.5. The van der Waals surface area contributed by atoms with E-state index in [-0.39, 0.29) is 6.03 Å². The second-order valence-electron chi connectivity index (χ2n) is 4.86. The average Bonchev–Trinajstić information content (AvgIpc) is 2.93. The van der Waals surface area contributed by atoms with Crippen LogP contribution in [-0.2, 0) is 6.54 Å². The van der Waals surface area contributed by atoms with E-state index in [0.29, 0.717) is 19.7 Å². The van der Waals surface area contributed by atoms with Crippen LogP contribution < -0.4 is 15.4 Å². The van der Waals surface area contributed by atoms with Crippen molar-refractivity contribution in [1.29, 1.82) is 0 Å². The van der Waals surface area contributed by atoms with Gasteiger partial charge in [0.2, 0.25) is 0 Å². The Kier molecular flexibility index (Phi) is 5.26. The Hall–Kier alpha value is -2.43. The van der Waals surface area contributed by atoms with Gasteiger partial charge in [0, 0.05) is 0 Å². The summed E-state index contributed by atoms with van der Waals surface area (Å²) in [5, 5.41) is 5.43. The minimum Gasteiger partial charge on any atom is -0.492 e. The molecule has 0 saturated heterocycles. The van der Waals surface area contributed by atoms with Gasteiger partial charge in [0.1, 0.15) is 18.1 Å². The molecule has 2 N–H and O–H groups in total. The monoisotopic (exact) mass is 288 g/mol. The van der Waals surface area contributed by atoms with E-state index in [4.69, 9.17) is 9.15 Å². The number of amides is 2. The number of nitrogens with one attached hydrogen (secondary N) is 2. The van der Waals surface area contributed by atoms with E-state index >= 15 is 0 Å². The number of furan rings is 1. The molecule has 0 bridgehead atoms. The molecule has 1 heterocycles. The smallest absolute Gasteiger partial charge is 0.315 e. The first-order valence-electron chi connectivity index (χ1n) is 6.88. The highest BCUT2D eigenvalue weighted by molar-refractivity contribution is 5.73. The standard InChI is InChI=1S/C16H20N2O3/c1-12-8-13(2)10-15(9-12)21-7-5-17-16(19)18-11-14-4-3-6-20-14/h3-4,6,8-10H,5,7,11H2,1-2H3,(H2,17,18,19). The topological polar surface area (TPSA) is 63.5 Å². The highest BCUT2D eigenvalue weighted by Gasteiger charge is 2.02. The lowest BCUT2D eigenvalue weighted by Gasteiger charge is -2.09. The first kappa shape index (κ1) is 15.0. The molecule has 112 valence electrons. The van der Waals surface area contributed by atoms with Crippen LogP contribution in [-0.4, -0.2) is 19.2 Å². The number of carbonyl (C=O) groups excluding carboxylic acids is 1. The van der Waals surface area contributed by atoms with E-state index in [9.17, 15) is 4.79 Å². The summed E-state index contributed by atoms with van der Waals surface area (Å²) < 4.78 is 10.7. The van der Waals surface area contributed by atoms with E-state index < -0.39 is 0 Å². The number of urea groups is 1. The highest BCUT2D eigenvalue weighted by Crippen LogP contribution is 2.15. The molecule has 0 aliphatic carbocycles. The van der Waals surface area contributed by atoms with Crippen molar-refractivity contribution in [3.63, 3.8) is 0 Å². The van der Waals surface area contributed by atoms with Gasteiger partial charge in [-0.1, -0.05) is 6.07 Å². The molecular weight excluding hydrogens is 268 g/mol. The van der Waals surface area contributed by atoms with E-state index in [1.54, 1.807) is 12.3 Å². The average molecular weight is 288 g/mol. The molecule has 0 atom stereocenters. The largest absolute Gasteiger partial charge is 0.492 e. The van der Waals surface area contributed by atoms with E-state index in [1.807, 2.05) is 32.0 Å². The summed E-state index contributed by atoms with van der Waals surface area (Å²) in [7, 11) is 0. The van der Waals surface area contributed by atoms with Crippen LogP contribution in [0.25, 0.3) is 0 Å². The van der Waals surface area contributed by atoms with Gasteiger partial charge in [-0.05, 0) is 49.2 Å². The number of rotatable bonds is 6. The summed E-state index contributed by atoms with van der Waals surface area (Å²) in [5.74, 6) is 1.54. The molecule has 21 heavy (non-hydrogen) atoms. The molecule has 1 aromatic heterocycles. The van der Waals surface area contributed by atoms with Gasteiger partial charge in [0.05, 0.1) is 19.4 Å². The fraction of sp³-hybridized carbons (Fsp3) is 0.312. The van der Waals surface area contributed by atoms with Crippen molar-refractivity contribution in [2.45, 2.75) is 20.4 Å². The first-order chi connectivity index (χ1) is 10.1. The van der Waals surface area contributed by atoms with Gasteiger partial charge in [-0.15, -0.1) is 0 Å². The summed E-state index contributed by atoms with van der Waals surface area (Å²) in [6, 6.07) is 9.40. The summed E-state index contributed by atoms with van der Waals surface area (Å²) in [6.07, 6.45) is 1.58. The maximum absolute atomic E-state index is 11.5. The predicted molar refractivity (Wildman–Crippen MR) is 80.4 cm³/mol. The van der Waals surface area contributed by atoms with E-state index in [1.165, 1.54) is 0 Å². The predicted octanol–water partition coefficient (Wildman–Crippen LogP) is 2.77. The molecule has 0 radical (unpaired) electrons. The van der Waals surface area contributed by atoms with Crippen LogP contribution in [0.1, 0.15) is 16.9 Å². The molecule has 5 heteroatoms. The van der Waals surface area contributed by atoms with Crippen molar-refractivity contribution in [3.8, 4) is 5.75 Å². The molecule has 2 rings (SSSR count).